The minimum absolute atomic E-state index is 0.0368. The maximum absolute atomic E-state index is 12.3. The molecule has 0 atom stereocenters. The molecule has 2 rings (SSSR count). The monoisotopic (exact) mass is 288 g/mol. The van der Waals surface area contributed by atoms with Gasteiger partial charge in [-0.1, -0.05) is 12.1 Å². The summed E-state index contributed by atoms with van der Waals surface area (Å²) in [4.78, 5) is 14.8. The fourth-order valence-electron chi connectivity index (χ4n) is 2.03. The number of hydrogen-bond donors (Lipinski definition) is 2. The first kappa shape index (κ1) is 14.6. The van der Waals surface area contributed by atoms with Crippen molar-refractivity contribution in [2.24, 2.45) is 0 Å². The lowest BCUT2D eigenvalue weighted by atomic mass is 10.1. The van der Waals surface area contributed by atoms with E-state index in [-0.39, 0.29) is 5.91 Å². The summed E-state index contributed by atoms with van der Waals surface area (Å²) in [6.07, 6.45) is 0. The second-order valence-electron chi connectivity index (χ2n) is 4.71. The number of nitrogens with one attached hydrogen (secondary N) is 2. The van der Waals surface area contributed by atoms with Crippen LogP contribution in [-0.4, -0.2) is 12.5 Å². The third-order valence-corrected chi connectivity index (χ3v) is 4.33. The van der Waals surface area contributed by atoms with Gasteiger partial charge in [-0.15, -0.1) is 11.3 Å². The molecule has 0 fully saturated rings. The molecule has 0 saturated carbocycles. The highest BCUT2D eigenvalue weighted by atomic mass is 32.1. The minimum Gasteiger partial charge on any atom is -0.385 e. The third-order valence-electron chi connectivity index (χ3n) is 3.18. The van der Waals surface area contributed by atoms with E-state index in [1.807, 2.05) is 31.2 Å². The van der Waals surface area contributed by atoms with Crippen LogP contribution in [-0.2, 0) is 6.54 Å². The van der Waals surface area contributed by atoms with Crippen LogP contribution in [0.4, 0.5) is 5.69 Å². The fraction of sp³-hybridized carbons (Fsp3) is 0.312. The van der Waals surface area contributed by atoms with Gasteiger partial charge in [-0.05, 0) is 44.5 Å². The lowest BCUT2D eigenvalue weighted by Gasteiger charge is -2.10. The summed E-state index contributed by atoms with van der Waals surface area (Å²) < 4.78 is 0. The molecule has 0 bridgehead atoms. The van der Waals surface area contributed by atoms with Crippen LogP contribution in [0.3, 0.4) is 0 Å². The minimum atomic E-state index is -0.0368. The molecule has 1 aromatic heterocycles. The Balaban J connectivity index is 2.05. The predicted octanol–water partition coefficient (Wildman–Crippen LogP) is 3.73. The summed E-state index contributed by atoms with van der Waals surface area (Å²) in [5, 5.41) is 6.20. The van der Waals surface area contributed by atoms with Gasteiger partial charge in [0.15, 0.2) is 0 Å². The van der Waals surface area contributed by atoms with Crippen molar-refractivity contribution in [1.29, 1.82) is 0 Å². The van der Waals surface area contributed by atoms with Crippen LogP contribution < -0.4 is 10.6 Å². The first-order valence-electron chi connectivity index (χ1n) is 6.78. The van der Waals surface area contributed by atoms with Gasteiger partial charge in [0.2, 0.25) is 0 Å². The van der Waals surface area contributed by atoms with E-state index in [4.69, 9.17) is 0 Å². The van der Waals surface area contributed by atoms with Crippen molar-refractivity contribution < 1.29 is 4.79 Å². The number of para-hydroxylation sites is 1. The van der Waals surface area contributed by atoms with Crippen LogP contribution in [0.1, 0.15) is 32.6 Å². The lowest BCUT2D eigenvalue weighted by molar-refractivity contribution is 0.0952. The molecule has 0 spiro atoms. The SMILES string of the molecule is CCNc1ccccc1C(=O)NCc1cc(C)c(C)s1. The Labute approximate surface area is 124 Å². The molecular formula is C16H20N2OS. The quantitative estimate of drug-likeness (QED) is 0.880. The Morgan fingerprint density at radius 1 is 1.25 bits per heavy atom. The average molecular weight is 288 g/mol. The Morgan fingerprint density at radius 2 is 2.00 bits per heavy atom. The molecule has 0 aliphatic heterocycles. The average Bonchev–Trinajstić information content (AvgIpc) is 2.76. The highest BCUT2D eigenvalue weighted by molar-refractivity contribution is 7.12. The lowest BCUT2D eigenvalue weighted by Crippen LogP contribution is -2.23. The molecule has 0 saturated heterocycles. The van der Waals surface area contributed by atoms with E-state index in [1.165, 1.54) is 15.3 Å². The van der Waals surface area contributed by atoms with Gasteiger partial charge in [0.25, 0.3) is 5.91 Å². The molecule has 106 valence electrons. The number of anilines is 1. The summed E-state index contributed by atoms with van der Waals surface area (Å²) in [6, 6.07) is 9.72. The standard InChI is InChI=1S/C16H20N2OS/c1-4-17-15-8-6-5-7-14(15)16(19)18-10-13-9-11(2)12(3)20-13/h5-9,17H,4,10H2,1-3H3,(H,18,19). The van der Waals surface area contributed by atoms with E-state index < -0.39 is 0 Å². The summed E-state index contributed by atoms with van der Waals surface area (Å²) in [6.45, 7) is 7.60. The van der Waals surface area contributed by atoms with Gasteiger partial charge in [0, 0.05) is 22.0 Å². The van der Waals surface area contributed by atoms with Gasteiger partial charge >= 0.3 is 0 Å². The van der Waals surface area contributed by atoms with E-state index >= 15 is 0 Å². The third kappa shape index (κ3) is 3.39. The molecule has 20 heavy (non-hydrogen) atoms. The Kier molecular flexibility index (Phi) is 4.79. The molecular weight excluding hydrogens is 268 g/mol. The largest absolute Gasteiger partial charge is 0.385 e. The van der Waals surface area contributed by atoms with Crippen LogP contribution >= 0.6 is 11.3 Å². The molecule has 4 heteroatoms. The highest BCUT2D eigenvalue weighted by Crippen LogP contribution is 2.21. The number of hydrogen-bond acceptors (Lipinski definition) is 3. The Hall–Kier alpha value is -1.81. The first-order valence-corrected chi connectivity index (χ1v) is 7.60. The molecule has 1 aromatic carbocycles. The zero-order valence-electron chi connectivity index (χ0n) is 12.1. The van der Waals surface area contributed by atoms with E-state index in [2.05, 4.69) is 30.5 Å². The summed E-state index contributed by atoms with van der Waals surface area (Å²) in [7, 11) is 0. The first-order chi connectivity index (χ1) is 9.61. The van der Waals surface area contributed by atoms with Crippen molar-refractivity contribution in [1.82, 2.24) is 5.32 Å². The number of rotatable bonds is 5. The van der Waals surface area contributed by atoms with Crippen LogP contribution in [0.15, 0.2) is 30.3 Å². The van der Waals surface area contributed by atoms with E-state index in [0.717, 1.165) is 12.2 Å². The molecule has 1 amide bonds. The molecule has 0 unspecified atom stereocenters. The van der Waals surface area contributed by atoms with E-state index in [0.29, 0.717) is 12.1 Å². The molecule has 1 heterocycles. The summed E-state index contributed by atoms with van der Waals surface area (Å²) in [5.41, 5.74) is 2.86. The number of carbonyl (C=O) groups is 1. The summed E-state index contributed by atoms with van der Waals surface area (Å²) >= 11 is 1.74. The zero-order chi connectivity index (χ0) is 14.5. The number of aryl methyl sites for hydroxylation is 2. The second-order valence-corrected chi connectivity index (χ2v) is 6.05. The van der Waals surface area contributed by atoms with Crippen molar-refractivity contribution in [3.8, 4) is 0 Å². The topological polar surface area (TPSA) is 41.1 Å². The second kappa shape index (κ2) is 6.57. The normalized spacial score (nSPS) is 10.3. The van der Waals surface area contributed by atoms with Crippen LogP contribution in [0, 0.1) is 13.8 Å². The zero-order valence-corrected chi connectivity index (χ0v) is 12.9. The number of amides is 1. The molecule has 0 aliphatic carbocycles. The number of benzene rings is 1. The smallest absolute Gasteiger partial charge is 0.253 e. The van der Waals surface area contributed by atoms with Gasteiger partial charge in [0.05, 0.1) is 12.1 Å². The maximum Gasteiger partial charge on any atom is 0.253 e. The van der Waals surface area contributed by atoms with Gasteiger partial charge in [-0.2, -0.15) is 0 Å². The van der Waals surface area contributed by atoms with Crippen molar-refractivity contribution in [2.75, 3.05) is 11.9 Å². The fourth-order valence-corrected chi connectivity index (χ4v) is 3.02. The van der Waals surface area contributed by atoms with Crippen molar-refractivity contribution in [3.63, 3.8) is 0 Å². The number of carbonyl (C=O) groups excluding carboxylic acids is 1. The van der Waals surface area contributed by atoms with Gasteiger partial charge in [0.1, 0.15) is 0 Å². The van der Waals surface area contributed by atoms with Crippen LogP contribution in [0.2, 0.25) is 0 Å². The molecule has 2 aromatic rings. The maximum atomic E-state index is 12.3. The van der Waals surface area contributed by atoms with Gasteiger partial charge in [-0.3, -0.25) is 4.79 Å². The number of thiophene rings is 1. The Morgan fingerprint density at radius 3 is 2.65 bits per heavy atom. The predicted molar refractivity (Wildman–Crippen MR) is 85.6 cm³/mol. The van der Waals surface area contributed by atoms with Crippen molar-refractivity contribution in [2.45, 2.75) is 27.3 Å². The van der Waals surface area contributed by atoms with Crippen molar-refractivity contribution in [3.05, 3.63) is 51.2 Å². The van der Waals surface area contributed by atoms with Gasteiger partial charge < -0.3 is 10.6 Å². The van der Waals surface area contributed by atoms with E-state index in [1.54, 1.807) is 11.3 Å². The van der Waals surface area contributed by atoms with Crippen molar-refractivity contribution >= 4 is 22.9 Å². The molecule has 2 N–H and O–H groups in total. The summed E-state index contributed by atoms with van der Waals surface area (Å²) in [5.74, 6) is -0.0368. The van der Waals surface area contributed by atoms with Crippen LogP contribution in [0.25, 0.3) is 0 Å². The highest BCUT2D eigenvalue weighted by Gasteiger charge is 2.10. The molecule has 0 aliphatic rings. The molecule has 3 nitrogen and oxygen atoms in total. The van der Waals surface area contributed by atoms with E-state index in [9.17, 15) is 4.79 Å². The van der Waals surface area contributed by atoms with Gasteiger partial charge in [-0.25, -0.2) is 0 Å². The van der Waals surface area contributed by atoms with Crippen LogP contribution in [0.5, 0.6) is 0 Å². The Bertz CT molecular complexity index is 585. The molecule has 0 radical (unpaired) electrons.